The number of nitrogens with zero attached hydrogens (tertiary/aromatic N) is 4. The van der Waals surface area contributed by atoms with Gasteiger partial charge in [0.25, 0.3) is 0 Å². The summed E-state index contributed by atoms with van der Waals surface area (Å²) >= 11 is 0. The SMILES string of the molecule is CC(C)OC(=O)N1CCC(Nc2nc(-c3ccncc3)nc3c2CCC3)CC1. The summed E-state index contributed by atoms with van der Waals surface area (Å²) in [5.74, 6) is 1.71. The van der Waals surface area contributed by atoms with Gasteiger partial charge in [0, 0.05) is 48.3 Å². The fourth-order valence-electron chi connectivity index (χ4n) is 3.86. The maximum absolute atomic E-state index is 12.1. The summed E-state index contributed by atoms with van der Waals surface area (Å²) in [5.41, 5.74) is 3.39. The quantitative estimate of drug-likeness (QED) is 0.874. The lowest BCUT2D eigenvalue weighted by Gasteiger charge is -2.32. The number of carbonyl (C=O) groups is 1. The smallest absolute Gasteiger partial charge is 0.410 e. The Morgan fingerprint density at radius 2 is 1.93 bits per heavy atom. The summed E-state index contributed by atoms with van der Waals surface area (Å²) in [6.45, 7) is 5.16. The lowest BCUT2D eigenvalue weighted by atomic mass is 10.0. The monoisotopic (exact) mass is 381 g/mol. The number of carbonyl (C=O) groups excluding carboxylic acids is 1. The van der Waals surface area contributed by atoms with E-state index >= 15 is 0 Å². The molecule has 28 heavy (non-hydrogen) atoms. The van der Waals surface area contributed by atoms with Crippen molar-refractivity contribution in [3.8, 4) is 11.4 Å². The van der Waals surface area contributed by atoms with E-state index in [1.54, 1.807) is 17.3 Å². The van der Waals surface area contributed by atoms with Gasteiger partial charge in [-0.15, -0.1) is 0 Å². The fourth-order valence-corrected chi connectivity index (χ4v) is 3.86. The predicted octanol–water partition coefficient (Wildman–Crippen LogP) is 3.45. The van der Waals surface area contributed by atoms with Crippen molar-refractivity contribution in [2.24, 2.45) is 0 Å². The molecular weight excluding hydrogens is 354 g/mol. The van der Waals surface area contributed by atoms with Crippen LogP contribution in [0.4, 0.5) is 10.6 Å². The molecule has 1 fully saturated rings. The van der Waals surface area contributed by atoms with Gasteiger partial charge in [-0.2, -0.15) is 0 Å². The van der Waals surface area contributed by atoms with E-state index in [4.69, 9.17) is 14.7 Å². The maximum atomic E-state index is 12.1. The zero-order chi connectivity index (χ0) is 19.5. The first-order valence-corrected chi connectivity index (χ1v) is 10.1. The molecule has 7 heteroatoms. The van der Waals surface area contributed by atoms with Gasteiger partial charge >= 0.3 is 6.09 Å². The van der Waals surface area contributed by atoms with Crippen LogP contribution in [0.5, 0.6) is 0 Å². The average molecular weight is 381 g/mol. The van der Waals surface area contributed by atoms with Gasteiger partial charge in [0.1, 0.15) is 5.82 Å². The third-order valence-electron chi connectivity index (χ3n) is 5.30. The van der Waals surface area contributed by atoms with Gasteiger partial charge in [0.15, 0.2) is 5.82 Å². The maximum Gasteiger partial charge on any atom is 0.410 e. The van der Waals surface area contributed by atoms with E-state index in [0.29, 0.717) is 19.1 Å². The number of aryl methyl sites for hydroxylation is 1. The molecule has 0 radical (unpaired) electrons. The lowest BCUT2D eigenvalue weighted by Crippen LogP contribution is -2.43. The number of aromatic nitrogens is 3. The highest BCUT2D eigenvalue weighted by Gasteiger charge is 2.26. The fraction of sp³-hybridized carbons (Fsp3) is 0.524. The van der Waals surface area contributed by atoms with Crippen molar-refractivity contribution in [2.45, 2.75) is 58.1 Å². The molecule has 0 unspecified atom stereocenters. The van der Waals surface area contributed by atoms with Gasteiger partial charge in [0.2, 0.25) is 0 Å². The van der Waals surface area contributed by atoms with Crippen LogP contribution < -0.4 is 5.32 Å². The molecule has 0 bridgehead atoms. The highest BCUT2D eigenvalue weighted by molar-refractivity contribution is 5.68. The summed E-state index contributed by atoms with van der Waals surface area (Å²) in [6.07, 6.45) is 8.16. The highest BCUT2D eigenvalue weighted by atomic mass is 16.6. The van der Waals surface area contributed by atoms with E-state index < -0.39 is 0 Å². The standard InChI is InChI=1S/C21H27N5O2/c1-14(2)28-21(27)26-12-8-16(9-13-26)23-20-17-4-3-5-18(17)24-19(25-20)15-6-10-22-11-7-15/h6-7,10-11,14,16H,3-5,8-9,12-13H2,1-2H3,(H,23,24,25). The Labute approximate surface area is 165 Å². The number of nitrogens with one attached hydrogen (secondary N) is 1. The molecular formula is C21H27N5O2. The first-order valence-electron chi connectivity index (χ1n) is 10.1. The Morgan fingerprint density at radius 3 is 2.64 bits per heavy atom. The molecule has 0 spiro atoms. The second-order valence-corrected chi connectivity index (χ2v) is 7.75. The Bertz CT molecular complexity index is 832. The van der Waals surface area contributed by atoms with Gasteiger partial charge in [-0.3, -0.25) is 4.98 Å². The molecule has 0 saturated carbocycles. The molecule has 0 atom stereocenters. The minimum absolute atomic E-state index is 0.0847. The number of ether oxygens (including phenoxy) is 1. The van der Waals surface area contributed by atoms with Crippen molar-refractivity contribution in [3.63, 3.8) is 0 Å². The van der Waals surface area contributed by atoms with Crippen LogP contribution in [0, 0.1) is 0 Å². The molecule has 2 aliphatic rings. The Balaban J connectivity index is 1.47. The van der Waals surface area contributed by atoms with E-state index in [0.717, 1.165) is 55.0 Å². The minimum Gasteiger partial charge on any atom is -0.447 e. The first kappa shape index (κ1) is 18.7. The molecule has 2 aromatic rings. The minimum atomic E-state index is -0.212. The van der Waals surface area contributed by atoms with Crippen LogP contribution in [-0.2, 0) is 17.6 Å². The number of anilines is 1. The van der Waals surface area contributed by atoms with Gasteiger partial charge in [-0.1, -0.05) is 0 Å². The van der Waals surface area contributed by atoms with Crippen molar-refractivity contribution < 1.29 is 9.53 Å². The number of rotatable bonds is 4. The Kier molecular flexibility index (Phi) is 5.41. The molecule has 1 saturated heterocycles. The average Bonchev–Trinajstić information content (AvgIpc) is 3.18. The number of amides is 1. The van der Waals surface area contributed by atoms with Crippen LogP contribution >= 0.6 is 0 Å². The topological polar surface area (TPSA) is 80.2 Å². The molecule has 1 amide bonds. The molecule has 1 N–H and O–H groups in total. The van der Waals surface area contributed by atoms with Crippen LogP contribution in [0.2, 0.25) is 0 Å². The number of hydrogen-bond acceptors (Lipinski definition) is 6. The van der Waals surface area contributed by atoms with Gasteiger partial charge in [-0.25, -0.2) is 14.8 Å². The van der Waals surface area contributed by atoms with Crippen LogP contribution in [0.15, 0.2) is 24.5 Å². The predicted molar refractivity (Wildman–Crippen MR) is 107 cm³/mol. The number of hydrogen-bond donors (Lipinski definition) is 1. The van der Waals surface area contributed by atoms with E-state index in [9.17, 15) is 4.79 Å². The summed E-state index contributed by atoms with van der Waals surface area (Å²) in [4.78, 5) is 27.6. The van der Waals surface area contributed by atoms with Crippen LogP contribution in [0.25, 0.3) is 11.4 Å². The highest BCUT2D eigenvalue weighted by Crippen LogP contribution is 2.30. The van der Waals surface area contributed by atoms with Gasteiger partial charge in [0.05, 0.1) is 6.10 Å². The molecule has 7 nitrogen and oxygen atoms in total. The lowest BCUT2D eigenvalue weighted by molar-refractivity contribution is 0.0701. The van der Waals surface area contributed by atoms with Crippen molar-refractivity contribution in [2.75, 3.05) is 18.4 Å². The van der Waals surface area contributed by atoms with E-state index in [-0.39, 0.29) is 12.2 Å². The van der Waals surface area contributed by atoms with Crippen molar-refractivity contribution >= 4 is 11.9 Å². The van der Waals surface area contributed by atoms with Crippen LogP contribution in [0.1, 0.15) is 44.4 Å². The van der Waals surface area contributed by atoms with Crippen molar-refractivity contribution in [1.29, 1.82) is 0 Å². The number of piperidine rings is 1. The van der Waals surface area contributed by atoms with E-state index in [1.807, 2.05) is 26.0 Å². The summed E-state index contributed by atoms with van der Waals surface area (Å²) in [6, 6.07) is 4.19. The summed E-state index contributed by atoms with van der Waals surface area (Å²) in [5, 5.41) is 3.65. The molecule has 1 aliphatic heterocycles. The van der Waals surface area contributed by atoms with E-state index in [1.165, 1.54) is 5.56 Å². The molecule has 2 aromatic heterocycles. The molecule has 0 aromatic carbocycles. The normalized spacial score (nSPS) is 16.9. The van der Waals surface area contributed by atoms with Crippen molar-refractivity contribution in [3.05, 3.63) is 35.8 Å². The molecule has 4 rings (SSSR count). The summed E-state index contributed by atoms with van der Waals surface area (Å²) in [7, 11) is 0. The second kappa shape index (κ2) is 8.12. The molecule has 3 heterocycles. The van der Waals surface area contributed by atoms with Crippen LogP contribution in [0.3, 0.4) is 0 Å². The van der Waals surface area contributed by atoms with E-state index in [2.05, 4.69) is 10.3 Å². The van der Waals surface area contributed by atoms with Crippen molar-refractivity contribution in [1.82, 2.24) is 19.9 Å². The molecule has 1 aliphatic carbocycles. The second-order valence-electron chi connectivity index (χ2n) is 7.75. The number of pyridine rings is 1. The largest absolute Gasteiger partial charge is 0.447 e. The first-order chi connectivity index (χ1) is 13.6. The third kappa shape index (κ3) is 4.08. The Hall–Kier alpha value is -2.70. The Morgan fingerprint density at radius 1 is 1.18 bits per heavy atom. The zero-order valence-corrected chi connectivity index (χ0v) is 16.5. The van der Waals surface area contributed by atoms with Gasteiger partial charge in [-0.05, 0) is 58.1 Å². The third-order valence-corrected chi connectivity index (χ3v) is 5.30. The number of likely N-dealkylation sites (tertiary alicyclic amines) is 1. The summed E-state index contributed by atoms with van der Waals surface area (Å²) < 4.78 is 5.31. The van der Waals surface area contributed by atoms with Gasteiger partial charge < -0.3 is 15.0 Å². The zero-order valence-electron chi connectivity index (χ0n) is 16.5. The van der Waals surface area contributed by atoms with Crippen LogP contribution in [-0.4, -0.2) is 51.2 Å². The number of fused-ring (bicyclic) bond motifs is 1. The molecule has 148 valence electrons.